The standard InChI is InChI=1S/C32H31Cl2N3O4S/c1-39-31(38)18-11-21(16-4-2-5-16)28-26(12-18)42-32(35-28)37-14-19-10-20(37)13-25(19)40-15-22-29(36-41-30(22)17-8-9-17)27-23(33)6-3-7-24(27)34/h3,6-7,11-12,16-17,19-20,25H,2,4-5,8-10,13-15H2,1H3/t19-,20-,25+/m1/s1. The van der Waals surface area contributed by atoms with Crippen LogP contribution in [-0.2, 0) is 16.1 Å². The van der Waals surface area contributed by atoms with Gasteiger partial charge in [-0.15, -0.1) is 0 Å². The van der Waals surface area contributed by atoms with Gasteiger partial charge in [0.15, 0.2) is 5.13 Å². The molecule has 4 aliphatic rings. The van der Waals surface area contributed by atoms with Gasteiger partial charge >= 0.3 is 5.97 Å². The summed E-state index contributed by atoms with van der Waals surface area (Å²) in [6.07, 6.45) is 7.94. The Hall–Kier alpha value is -2.65. The number of carbonyl (C=O) groups is 1. The van der Waals surface area contributed by atoms with Crippen LogP contribution < -0.4 is 4.90 Å². The SMILES string of the molecule is COC(=O)c1cc(C2CCC2)c2nc(N3C[C@H]4C[C@@H]3C[C@@H]4OCc3c(-c4c(Cl)cccc4Cl)noc3C3CC3)sc2c1. The van der Waals surface area contributed by atoms with E-state index in [0.717, 1.165) is 71.7 Å². The zero-order valence-corrected chi connectivity index (χ0v) is 25.6. The number of fused-ring (bicyclic) bond motifs is 3. The second-order valence-corrected chi connectivity index (χ2v) is 14.0. The van der Waals surface area contributed by atoms with Gasteiger partial charge in [0.1, 0.15) is 11.5 Å². The number of thiazole rings is 1. The quantitative estimate of drug-likeness (QED) is 0.182. The number of nitrogens with zero attached hydrogens (tertiary/aromatic N) is 3. The molecule has 4 aromatic rings. The number of esters is 1. The molecule has 3 heterocycles. The van der Waals surface area contributed by atoms with Crippen molar-refractivity contribution in [1.29, 1.82) is 0 Å². The van der Waals surface area contributed by atoms with Crippen molar-refractivity contribution in [3.63, 3.8) is 0 Å². The van der Waals surface area contributed by atoms with Crippen LogP contribution in [0.1, 0.15) is 84.0 Å². The molecule has 218 valence electrons. The minimum Gasteiger partial charge on any atom is -0.465 e. The molecular formula is C32H31Cl2N3O4S. The van der Waals surface area contributed by atoms with E-state index < -0.39 is 0 Å². The lowest BCUT2D eigenvalue weighted by Crippen LogP contribution is -2.38. The predicted molar refractivity (Wildman–Crippen MR) is 164 cm³/mol. The van der Waals surface area contributed by atoms with Crippen molar-refractivity contribution in [2.24, 2.45) is 5.92 Å². The highest BCUT2D eigenvalue weighted by Gasteiger charge is 2.47. The lowest BCUT2D eigenvalue weighted by Gasteiger charge is -2.31. The predicted octanol–water partition coefficient (Wildman–Crippen LogP) is 8.37. The van der Waals surface area contributed by atoms with Gasteiger partial charge in [-0.05, 0) is 74.3 Å². The van der Waals surface area contributed by atoms with Gasteiger partial charge in [-0.3, -0.25) is 0 Å². The number of hydrogen-bond acceptors (Lipinski definition) is 8. The van der Waals surface area contributed by atoms with E-state index in [1.165, 1.54) is 19.1 Å². The van der Waals surface area contributed by atoms with Crippen LogP contribution in [0, 0.1) is 5.92 Å². The molecule has 1 saturated heterocycles. The van der Waals surface area contributed by atoms with E-state index >= 15 is 0 Å². The summed E-state index contributed by atoms with van der Waals surface area (Å²) >= 11 is 14.8. The summed E-state index contributed by atoms with van der Waals surface area (Å²) in [6, 6.07) is 9.84. The molecule has 0 radical (unpaired) electrons. The minimum atomic E-state index is -0.287. The fourth-order valence-corrected chi connectivity index (χ4v) is 8.71. The normalized spacial score (nSPS) is 23.6. The van der Waals surface area contributed by atoms with E-state index in [1.807, 2.05) is 30.3 Å². The maximum Gasteiger partial charge on any atom is 0.337 e. The van der Waals surface area contributed by atoms with Gasteiger partial charge in [-0.2, -0.15) is 0 Å². The van der Waals surface area contributed by atoms with Crippen molar-refractivity contribution in [1.82, 2.24) is 10.1 Å². The average molecular weight is 625 g/mol. The van der Waals surface area contributed by atoms with Crippen molar-refractivity contribution in [2.75, 3.05) is 18.6 Å². The number of hydrogen-bond donors (Lipinski definition) is 0. The fourth-order valence-electron chi connectivity index (χ4n) is 7.02. The number of benzene rings is 2. The van der Waals surface area contributed by atoms with Gasteiger partial charge in [-0.1, -0.05) is 52.2 Å². The molecule has 0 N–H and O–H groups in total. The number of carbonyl (C=O) groups excluding carboxylic acids is 1. The molecule has 10 heteroatoms. The molecule has 2 aromatic carbocycles. The Kier molecular flexibility index (Phi) is 6.74. The second-order valence-electron chi connectivity index (χ2n) is 12.2. The molecule has 0 unspecified atom stereocenters. The minimum absolute atomic E-state index is 0.161. The molecule has 0 spiro atoms. The molecule has 1 aliphatic heterocycles. The third-order valence-corrected chi connectivity index (χ3v) is 11.3. The van der Waals surface area contributed by atoms with Crippen LogP contribution in [0.4, 0.5) is 5.13 Å². The summed E-state index contributed by atoms with van der Waals surface area (Å²) in [4.78, 5) is 20.0. The van der Waals surface area contributed by atoms with Crippen LogP contribution in [0.3, 0.4) is 0 Å². The lowest BCUT2D eigenvalue weighted by atomic mass is 9.79. The first-order valence-corrected chi connectivity index (χ1v) is 16.4. The van der Waals surface area contributed by atoms with Crippen LogP contribution in [0.25, 0.3) is 21.5 Å². The lowest BCUT2D eigenvalue weighted by molar-refractivity contribution is 0.0122. The Bertz CT molecular complexity index is 1670. The zero-order valence-electron chi connectivity index (χ0n) is 23.3. The molecule has 7 nitrogen and oxygen atoms in total. The van der Waals surface area contributed by atoms with Crippen LogP contribution in [-0.4, -0.2) is 41.9 Å². The van der Waals surface area contributed by atoms with Crippen molar-refractivity contribution in [3.8, 4) is 11.3 Å². The maximum atomic E-state index is 12.4. The van der Waals surface area contributed by atoms with Gasteiger partial charge in [0.2, 0.25) is 0 Å². The molecule has 42 heavy (non-hydrogen) atoms. The van der Waals surface area contributed by atoms with E-state index in [2.05, 4.69) is 10.1 Å². The van der Waals surface area contributed by atoms with Crippen LogP contribution >= 0.6 is 34.5 Å². The highest BCUT2D eigenvalue weighted by Crippen LogP contribution is 2.49. The van der Waals surface area contributed by atoms with Crippen LogP contribution in [0.2, 0.25) is 10.0 Å². The first-order chi connectivity index (χ1) is 20.5. The summed E-state index contributed by atoms with van der Waals surface area (Å²) in [6.45, 7) is 1.35. The summed E-state index contributed by atoms with van der Waals surface area (Å²) in [5.74, 6) is 1.92. The number of methoxy groups -OCH3 is 1. The van der Waals surface area contributed by atoms with E-state index in [1.54, 1.807) is 11.3 Å². The van der Waals surface area contributed by atoms with Gasteiger partial charge in [0.25, 0.3) is 0 Å². The molecule has 2 bridgehead atoms. The Morgan fingerprint density at radius 3 is 2.60 bits per heavy atom. The number of aromatic nitrogens is 2. The van der Waals surface area contributed by atoms with Gasteiger partial charge in [0, 0.05) is 35.5 Å². The zero-order chi connectivity index (χ0) is 28.5. The third-order valence-electron chi connectivity index (χ3n) is 9.61. The summed E-state index contributed by atoms with van der Waals surface area (Å²) in [5.41, 5.74) is 5.25. The highest BCUT2D eigenvalue weighted by atomic mass is 35.5. The first-order valence-electron chi connectivity index (χ1n) is 14.8. The van der Waals surface area contributed by atoms with E-state index in [4.69, 9.17) is 42.2 Å². The molecule has 0 amide bonds. The monoisotopic (exact) mass is 623 g/mol. The molecule has 8 rings (SSSR count). The number of rotatable bonds is 8. The molecular weight excluding hydrogens is 593 g/mol. The van der Waals surface area contributed by atoms with Crippen LogP contribution in [0.5, 0.6) is 0 Å². The average Bonchev–Trinajstić information content (AvgIpc) is 3.27. The van der Waals surface area contributed by atoms with E-state index in [-0.39, 0.29) is 12.1 Å². The summed E-state index contributed by atoms with van der Waals surface area (Å²) in [7, 11) is 1.44. The van der Waals surface area contributed by atoms with E-state index in [0.29, 0.717) is 57.3 Å². The number of ether oxygens (including phenoxy) is 2. The molecule has 3 atom stereocenters. The third kappa shape index (κ3) is 4.53. The van der Waals surface area contributed by atoms with Crippen molar-refractivity contribution < 1.29 is 18.8 Å². The van der Waals surface area contributed by atoms with Crippen molar-refractivity contribution >= 4 is 55.9 Å². The molecule has 3 aliphatic carbocycles. The van der Waals surface area contributed by atoms with Gasteiger partial charge in [0.05, 0.1) is 45.6 Å². The summed E-state index contributed by atoms with van der Waals surface area (Å²) in [5, 5.41) is 6.59. The molecule has 3 saturated carbocycles. The number of halogens is 2. The van der Waals surface area contributed by atoms with Gasteiger partial charge < -0.3 is 18.9 Å². The largest absolute Gasteiger partial charge is 0.465 e. The maximum absolute atomic E-state index is 12.4. The van der Waals surface area contributed by atoms with Crippen LogP contribution in [0.15, 0.2) is 34.9 Å². The van der Waals surface area contributed by atoms with Gasteiger partial charge in [-0.25, -0.2) is 9.78 Å². The molecule has 4 fully saturated rings. The highest BCUT2D eigenvalue weighted by molar-refractivity contribution is 7.22. The first kappa shape index (κ1) is 26.9. The Morgan fingerprint density at radius 1 is 1.12 bits per heavy atom. The van der Waals surface area contributed by atoms with Crippen molar-refractivity contribution in [3.05, 3.63) is 62.8 Å². The number of anilines is 1. The second kappa shape index (κ2) is 10.5. The smallest absolute Gasteiger partial charge is 0.337 e. The Balaban J connectivity index is 1.01. The van der Waals surface area contributed by atoms with E-state index in [9.17, 15) is 4.79 Å². The fraction of sp³-hybridized carbons (Fsp3) is 0.469. The summed E-state index contributed by atoms with van der Waals surface area (Å²) < 4.78 is 18.6. The molecule has 2 aromatic heterocycles. The number of piperidine rings is 1. The Labute approximate surface area is 258 Å². The van der Waals surface area contributed by atoms with Crippen molar-refractivity contribution in [2.45, 2.75) is 75.5 Å². The Morgan fingerprint density at radius 2 is 1.93 bits per heavy atom. The topological polar surface area (TPSA) is 77.7 Å².